The van der Waals surface area contributed by atoms with Crippen molar-refractivity contribution in [3.8, 4) is 11.4 Å². The first kappa shape index (κ1) is 44.3. The molecule has 0 spiro atoms. The first-order valence-corrected chi connectivity index (χ1v) is 27.2. The standard InChI is InChI=1S/C74H46N4O2/c1-5-21-47(22-6-1)75(51-37-39-65-59(41-51)55-31-17-19-35-63(55)77(65)49-25-9-3-10-26-49)67-44-71-73(57-33-15-13-29-53(57)67)61-43-62-70(46-69(61)79-71)80-72-45-68(54-30-14-16-34-58(54)74(62)72)76(48-23-7-2-8-24-48)52-38-40-66-60(42-52)56-32-18-20-36-64(56)78(66)50-27-11-4-12-28-50/h1-46H. The molecule has 0 aliphatic carbocycles. The number of para-hydroxylation sites is 6. The van der Waals surface area contributed by atoms with Gasteiger partial charge in [0.15, 0.2) is 0 Å². The maximum Gasteiger partial charge on any atom is 0.139 e. The molecule has 0 saturated heterocycles. The molecule has 6 nitrogen and oxygen atoms in total. The molecule has 4 heterocycles. The van der Waals surface area contributed by atoms with E-state index in [1.165, 1.54) is 32.6 Å². The molecule has 0 radical (unpaired) electrons. The van der Waals surface area contributed by atoms with E-state index in [-0.39, 0.29) is 0 Å². The van der Waals surface area contributed by atoms with Crippen molar-refractivity contribution >= 4 is 143 Å². The molecule has 4 aromatic heterocycles. The molecular formula is C74H46N4O2. The van der Waals surface area contributed by atoms with Gasteiger partial charge < -0.3 is 27.8 Å². The van der Waals surface area contributed by atoms with Crippen LogP contribution in [0.5, 0.6) is 0 Å². The molecule has 0 aliphatic rings. The van der Waals surface area contributed by atoms with E-state index < -0.39 is 0 Å². The van der Waals surface area contributed by atoms with E-state index in [0.717, 1.165) is 122 Å². The largest absolute Gasteiger partial charge is 0.456 e. The van der Waals surface area contributed by atoms with Crippen molar-refractivity contribution < 1.29 is 8.83 Å². The van der Waals surface area contributed by atoms with Gasteiger partial charge >= 0.3 is 0 Å². The Morgan fingerprint density at radius 1 is 0.225 bits per heavy atom. The van der Waals surface area contributed by atoms with E-state index in [2.05, 4.69) is 298 Å². The zero-order valence-corrected chi connectivity index (χ0v) is 43.2. The molecule has 0 amide bonds. The topological polar surface area (TPSA) is 42.6 Å². The van der Waals surface area contributed by atoms with Crippen molar-refractivity contribution in [2.45, 2.75) is 0 Å². The molecule has 0 atom stereocenters. The van der Waals surface area contributed by atoms with Crippen LogP contribution in [-0.4, -0.2) is 9.13 Å². The Morgan fingerprint density at radius 2 is 0.575 bits per heavy atom. The molecule has 0 bridgehead atoms. The third-order valence-corrected chi connectivity index (χ3v) is 16.4. The second kappa shape index (κ2) is 17.3. The van der Waals surface area contributed by atoms with Crippen LogP contribution >= 0.6 is 0 Å². The number of nitrogens with zero attached hydrogens (tertiary/aromatic N) is 4. The Bertz CT molecular complexity index is 4980. The molecule has 6 heteroatoms. The average molecular weight is 1020 g/mol. The average Bonchev–Trinajstić information content (AvgIpc) is 4.31. The van der Waals surface area contributed by atoms with Crippen molar-refractivity contribution in [2.24, 2.45) is 0 Å². The molecule has 374 valence electrons. The summed E-state index contributed by atoms with van der Waals surface area (Å²) in [5, 5.41) is 13.5. The fraction of sp³-hybridized carbons (Fsp3) is 0. The molecule has 0 aliphatic heterocycles. The summed E-state index contributed by atoms with van der Waals surface area (Å²) in [5.74, 6) is 0. The lowest BCUT2D eigenvalue weighted by molar-refractivity contribution is 0.656. The monoisotopic (exact) mass is 1020 g/mol. The second-order valence-electron chi connectivity index (χ2n) is 20.8. The minimum Gasteiger partial charge on any atom is -0.456 e. The van der Waals surface area contributed by atoms with E-state index in [1.54, 1.807) is 0 Å². The smallest absolute Gasteiger partial charge is 0.139 e. The number of hydrogen-bond donors (Lipinski definition) is 0. The van der Waals surface area contributed by atoms with Crippen LogP contribution < -0.4 is 9.80 Å². The van der Waals surface area contributed by atoms with Gasteiger partial charge in [0.1, 0.15) is 22.3 Å². The number of rotatable bonds is 8. The van der Waals surface area contributed by atoms with Crippen molar-refractivity contribution in [3.63, 3.8) is 0 Å². The van der Waals surface area contributed by atoms with Crippen molar-refractivity contribution in [1.29, 1.82) is 0 Å². The van der Waals surface area contributed by atoms with Crippen LogP contribution in [0.25, 0.3) is 120 Å². The van der Waals surface area contributed by atoms with E-state index in [1.807, 2.05) is 0 Å². The summed E-state index contributed by atoms with van der Waals surface area (Å²) in [4.78, 5) is 4.76. The van der Waals surface area contributed by atoms with Crippen LogP contribution in [0.4, 0.5) is 34.1 Å². The zero-order chi connectivity index (χ0) is 52.4. The van der Waals surface area contributed by atoms with Gasteiger partial charge in [-0.2, -0.15) is 0 Å². The molecule has 80 heavy (non-hydrogen) atoms. The van der Waals surface area contributed by atoms with E-state index >= 15 is 0 Å². The van der Waals surface area contributed by atoms with Crippen molar-refractivity contribution in [3.05, 3.63) is 279 Å². The maximum absolute atomic E-state index is 7.07. The number of benzene rings is 13. The van der Waals surface area contributed by atoms with Gasteiger partial charge in [-0.3, -0.25) is 0 Å². The van der Waals surface area contributed by atoms with Crippen LogP contribution in [0, 0.1) is 0 Å². The molecule has 17 rings (SSSR count). The van der Waals surface area contributed by atoms with Gasteiger partial charge in [-0.1, -0.05) is 158 Å². The lowest BCUT2D eigenvalue weighted by atomic mass is 9.98. The van der Waals surface area contributed by atoms with Crippen LogP contribution in [0.3, 0.4) is 0 Å². The second-order valence-corrected chi connectivity index (χ2v) is 20.8. The predicted octanol–water partition coefficient (Wildman–Crippen LogP) is 20.9. The minimum absolute atomic E-state index is 0.772. The number of anilines is 6. The van der Waals surface area contributed by atoms with Gasteiger partial charge in [0.2, 0.25) is 0 Å². The highest BCUT2D eigenvalue weighted by molar-refractivity contribution is 6.28. The van der Waals surface area contributed by atoms with E-state index in [4.69, 9.17) is 8.83 Å². The Labute approximate surface area is 459 Å². The molecule has 0 saturated carbocycles. The van der Waals surface area contributed by atoms with Gasteiger partial charge in [-0.25, -0.2) is 0 Å². The molecule has 0 fully saturated rings. The third-order valence-electron chi connectivity index (χ3n) is 16.4. The molecular weight excluding hydrogens is 977 g/mol. The highest BCUT2D eigenvalue weighted by Gasteiger charge is 2.26. The molecule has 13 aromatic carbocycles. The number of fused-ring (bicyclic) bond motifs is 16. The molecule has 0 N–H and O–H groups in total. The van der Waals surface area contributed by atoms with Gasteiger partial charge in [-0.05, 0) is 114 Å². The van der Waals surface area contributed by atoms with Gasteiger partial charge in [-0.15, -0.1) is 0 Å². The first-order valence-electron chi connectivity index (χ1n) is 27.2. The van der Waals surface area contributed by atoms with Gasteiger partial charge in [0.05, 0.1) is 33.4 Å². The summed E-state index contributed by atoms with van der Waals surface area (Å²) in [6, 6.07) is 100. The fourth-order valence-corrected chi connectivity index (χ4v) is 13.0. The predicted molar refractivity (Wildman–Crippen MR) is 334 cm³/mol. The summed E-state index contributed by atoms with van der Waals surface area (Å²) < 4.78 is 18.9. The Morgan fingerprint density at radius 3 is 1.00 bits per heavy atom. The summed E-state index contributed by atoms with van der Waals surface area (Å²) >= 11 is 0. The number of aromatic nitrogens is 2. The first-order chi connectivity index (χ1) is 39.7. The normalized spacial score (nSPS) is 12.0. The fourth-order valence-electron chi connectivity index (χ4n) is 13.0. The Kier molecular flexibility index (Phi) is 9.61. The molecule has 0 unspecified atom stereocenters. The summed E-state index contributed by atoms with van der Waals surface area (Å²) in [6.45, 7) is 0. The summed E-state index contributed by atoms with van der Waals surface area (Å²) in [7, 11) is 0. The minimum atomic E-state index is 0.772. The lowest BCUT2D eigenvalue weighted by Gasteiger charge is -2.27. The van der Waals surface area contributed by atoms with Crippen LogP contribution in [0.15, 0.2) is 288 Å². The Hall–Kier alpha value is -10.8. The van der Waals surface area contributed by atoms with Crippen LogP contribution in [0.1, 0.15) is 0 Å². The summed E-state index contributed by atoms with van der Waals surface area (Å²) in [5.41, 5.74) is 16.3. The van der Waals surface area contributed by atoms with Gasteiger partial charge in [0, 0.05) is 106 Å². The van der Waals surface area contributed by atoms with E-state index in [0.29, 0.717) is 0 Å². The SMILES string of the molecule is c1ccc(N(c2ccc3c(c2)c2ccccc2n3-c2ccccc2)c2cc3oc4cc5oc6cc(N(c7ccccc7)c7ccc8c(c7)c7ccccc7n8-c7ccccc7)c7ccccc7c6c5cc4c3c3ccccc23)cc1. The quantitative estimate of drug-likeness (QED) is 0.152. The third kappa shape index (κ3) is 6.60. The maximum atomic E-state index is 7.07. The van der Waals surface area contributed by atoms with Crippen molar-refractivity contribution in [1.82, 2.24) is 9.13 Å². The van der Waals surface area contributed by atoms with E-state index in [9.17, 15) is 0 Å². The summed E-state index contributed by atoms with van der Waals surface area (Å²) in [6.07, 6.45) is 0. The van der Waals surface area contributed by atoms with Crippen LogP contribution in [0.2, 0.25) is 0 Å². The zero-order valence-electron chi connectivity index (χ0n) is 43.2. The Balaban J connectivity index is 0.851. The van der Waals surface area contributed by atoms with Crippen LogP contribution in [-0.2, 0) is 0 Å². The lowest BCUT2D eigenvalue weighted by Crippen LogP contribution is -2.10. The van der Waals surface area contributed by atoms with Crippen molar-refractivity contribution in [2.75, 3.05) is 9.80 Å². The number of hydrogen-bond acceptors (Lipinski definition) is 4. The molecule has 17 aromatic rings. The highest BCUT2D eigenvalue weighted by atomic mass is 16.3. The highest BCUT2D eigenvalue weighted by Crippen LogP contribution is 2.50. The van der Waals surface area contributed by atoms with Gasteiger partial charge in [0.25, 0.3) is 0 Å². The number of furan rings is 2.